The molecule has 7 nitrogen and oxygen atoms in total. The molecule has 2 saturated heterocycles. The molecule has 0 atom stereocenters. The largest absolute Gasteiger partial charge is 0.429 e. The number of anilines is 3. The summed E-state index contributed by atoms with van der Waals surface area (Å²) in [5, 5.41) is 6.37. The van der Waals surface area contributed by atoms with Crippen LogP contribution in [0.1, 0.15) is 29.3 Å². The minimum atomic E-state index is -0.215. The number of likely N-dealkylation sites (tertiary alicyclic amines) is 1. The number of benzene rings is 1. The molecule has 4 heterocycles. The van der Waals surface area contributed by atoms with E-state index in [0.717, 1.165) is 44.7 Å². The molecule has 0 bridgehead atoms. The highest BCUT2D eigenvalue weighted by atomic mass is 16.2. The lowest BCUT2D eigenvalue weighted by molar-refractivity contribution is -0.909. The second-order valence-electron chi connectivity index (χ2n) is 8.67. The first-order valence-electron chi connectivity index (χ1n) is 10.3. The third kappa shape index (κ3) is 2.68. The van der Waals surface area contributed by atoms with Gasteiger partial charge < -0.3 is 10.6 Å². The van der Waals surface area contributed by atoms with Gasteiger partial charge in [0.05, 0.1) is 42.0 Å². The zero-order chi connectivity index (χ0) is 20.2. The van der Waals surface area contributed by atoms with E-state index in [1.165, 1.54) is 0 Å². The number of hydrogen-bond acceptors (Lipinski definition) is 4. The summed E-state index contributed by atoms with van der Waals surface area (Å²) in [6.07, 6.45) is 2.78. The molecule has 5 rings (SSSR count). The number of carbonyl (C=O) groups is 2. The van der Waals surface area contributed by atoms with Crippen molar-refractivity contribution in [3.63, 3.8) is 0 Å². The minimum Gasteiger partial charge on any atom is -0.319 e. The fraction of sp³-hybridized carbons (Fsp3) is 0.409. The van der Waals surface area contributed by atoms with Crippen LogP contribution >= 0.6 is 0 Å². The molecule has 3 aliphatic heterocycles. The van der Waals surface area contributed by atoms with Crippen LogP contribution in [-0.2, 0) is 0 Å². The smallest absolute Gasteiger partial charge is 0.319 e. The van der Waals surface area contributed by atoms with E-state index in [9.17, 15) is 9.59 Å². The van der Waals surface area contributed by atoms with Crippen molar-refractivity contribution in [1.82, 2.24) is 10.3 Å². The molecule has 2 N–H and O–H groups in total. The van der Waals surface area contributed by atoms with Gasteiger partial charge in [0.25, 0.3) is 5.91 Å². The molecular formula is C22H26N5O2+. The summed E-state index contributed by atoms with van der Waals surface area (Å²) in [6, 6.07) is 9.17. The Labute approximate surface area is 170 Å². The van der Waals surface area contributed by atoms with Crippen molar-refractivity contribution in [2.24, 2.45) is 5.41 Å². The first-order chi connectivity index (χ1) is 14.0. The standard InChI is InChI=1S/C22H25N5O2/c1-3-27(13-22(14-27)8-10-23-12-22)21(29)26-18-11-15(2)6-7-16(18)20(28)25-17-5-4-9-24-19(17)26/h4-7,9,11,23H,3,8,10,12-14H2,1-2H3/p+1. The van der Waals surface area contributed by atoms with Crippen LogP contribution < -0.4 is 15.5 Å². The average molecular weight is 392 g/mol. The second kappa shape index (κ2) is 6.37. The van der Waals surface area contributed by atoms with Gasteiger partial charge in [0.2, 0.25) is 0 Å². The topological polar surface area (TPSA) is 74.3 Å². The van der Waals surface area contributed by atoms with E-state index in [-0.39, 0.29) is 17.4 Å². The average Bonchev–Trinajstić information content (AvgIpc) is 3.13. The maximum absolute atomic E-state index is 14.1. The lowest BCUT2D eigenvalue weighted by Crippen LogP contribution is -2.74. The quantitative estimate of drug-likeness (QED) is 0.732. The number of nitrogens with zero attached hydrogens (tertiary/aromatic N) is 3. The molecule has 1 aromatic heterocycles. The SMILES string of the molecule is CC[N+]1(C(=O)N2c3cc(C)ccc3C(=O)Nc3cccnc32)CC2(CCNC2)C1. The highest BCUT2D eigenvalue weighted by Gasteiger charge is 2.61. The van der Waals surface area contributed by atoms with E-state index in [4.69, 9.17) is 0 Å². The summed E-state index contributed by atoms with van der Waals surface area (Å²) < 4.78 is 0.388. The summed E-state index contributed by atoms with van der Waals surface area (Å²) in [7, 11) is 0. The summed E-state index contributed by atoms with van der Waals surface area (Å²) in [6.45, 7) is 8.43. The van der Waals surface area contributed by atoms with Crippen molar-refractivity contribution in [3.05, 3.63) is 47.7 Å². The maximum atomic E-state index is 14.1. The highest BCUT2D eigenvalue weighted by molar-refractivity contribution is 6.16. The molecular weight excluding hydrogens is 366 g/mol. The molecule has 1 spiro atoms. The van der Waals surface area contributed by atoms with Crippen molar-refractivity contribution in [2.45, 2.75) is 20.3 Å². The number of aryl methyl sites for hydroxylation is 1. The third-order valence-corrected chi connectivity index (χ3v) is 6.70. The molecule has 3 amide bonds. The van der Waals surface area contributed by atoms with Gasteiger partial charge in [-0.3, -0.25) is 4.79 Å². The molecule has 0 unspecified atom stereocenters. The normalized spacial score (nSPS) is 27.7. The minimum absolute atomic E-state index is 0.00618. The number of rotatable bonds is 1. The predicted octanol–water partition coefficient (Wildman–Crippen LogP) is 3.04. The number of quaternary nitrogens is 1. The number of carbonyl (C=O) groups excluding carboxylic acids is 2. The van der Waals surface area contributed by atoms with Crippen molar-refractivity contribution in [2.75, 3.05) is 42.9 Å². The predicted molar refractivity (Wildman–Crippen MR) is 111 cm³/mol. The van der Waals surface area contributed by atoms with Gasteiger partial charge >= 0.3 is 6.03 Å². The molecule has 2 aromatic rings. The molecule has 29 heavy (non-hydrogen) atoms. The van der Waals surface area contributed by atoms with Crippen molar-refractivity contribution >= 4 is 29.1 Å². The highest BCUT2D eigenvalue weighted by Crippen LogP contribution is 2.46. The Bertz CT molecular complexity index is 1000. The van der Waals surface area contributed by atoms with Crippen LogP contribution in [0, 0.1) is 12.3 Å². The van der Waals surface area contributed by atoms with Crippen LogP contribution in [-0.4, -0.2) is 54.1 Å². The zero-order valence-corrected chi connectivity index (χ0v) is 16.9. The van der Waals surface area contributed by atoms with Gasteiger partial charge in [-0.15, -0.1) is 0 Å². The Balaban J connectivity index is 1.64. The van der Waals surface area contributed by atoms with Crippen molar-refractivity contribution in [3.8, 4) is 0 Å². The van der Waals surface area contributed by atoms with Gasteiger partial charge in [0.15, 0.2) is 5.82 Å². The molecule has 0 aliphatic carbocycles. The van der Waals surface area contributed by atoms with E-state index in [2.05, 4.69) is 22.5 Å². The molecule has 3 aliphatic rings. The first-order valence-corrected chi connectivity index (χ1v) is 10.3. The summed E-state index contributed by atoms with van der Waals surface area (Å²) in [5.41, 5.74) is 2.88. The fourth-order valence-electron chi connectivity index (χ4n) is 5.20. The molecule has 2 fully saturated rings. The Morgan fingerprint density at radius 1 is 1.31 bits per heavy atom. The number of fused-ring (bicyclic) bond motifs is 2. The van der Waals surface area contributed by atoms with Crippen LogP contribution in [0.4, 0.5) is 22.0 Å². The van der Waals surface area contributed by atoms with Crippen LogP contribution in [0.3, 0.4) is 0 Å². The first kappa shape index (κ1) is 18.3. The van der Waals surface area contributed by atoms with Gasteiger partial charge in [-0.2, -0.15) is 0 Å². The van der Waals surface area contributed by atoms with Gasteiger partial charge in [-0.25, -0.2) is 19.2 Å². The van der Waals surface area contributed by atoms with Crippen LogP contribution in [0.5, 0.6) is 0 Å². The summed E-state index contributed by atoms with van der Waals surface area (Å²) >= 11 is 0. The Morgan fingerprint density at radius 2 is 2.14 bits per heavy atom. The number of amides is 3. The number of nitrogens with one attached hydrogen (secondary N) is 2. The molecule has 0 radical (unpaired) electrons. The van der Waals surface area contributed by atoms with Gasteiger partial charge in [0, 0.05) is 12.7 Å². The summed E-state index contributed by atoms with van der Waals surface area (Å²) in [4.78, 5) is 33.1. The van der Waals surface area contributed by atoms with E-state index in [1.54, 1.807) is 29.3 Å². The molecule has 7 heteroatoms. The van der Waals surface area contributed by atoms with Gasteiger partial charge in [0.1, 0.15) is 0 Å². The van der Waals surface area contributed by atoms with E-state index in [1.807, 2.05) is 19.1 Å². The van der Waals surface area contributed by atoms with Crippen molar-refractivity contribution < 1.29 is 14.1 Å². The van der Waals surface area contributed by atoms with E-state index >= 15 is 0 Å². The number of aromatic nitrogens is 1. The second-order valence-corrected chi connectivity index (χ2v) is 8.67. The molecule has 0 saturated carbocycles. The number of urea groups is 1. The zero-order valence-electron chi connectivity index (χ0n) is 16.9. The van der Waals surface area contributed by atoms with Crippen molar-refractivity contribution in [1.29, 1.82) is 0 Å². The van der Waals surface area contributed by atoms with E-state index in [0.29, 0.717) is 27.2 Å². The lowest BCUT2D eigenvalue weighted by Gasteiger charge is -2.54. The Kier molecular flexibility index (Phi) is 4.01. The van der Waals surface area contributed by atoms with Crippen LogP contribution in [0.2, 0.25) is 0 Å². The monoisotopic (exact) mass is 392 g/mol. The fourth-order valence-corrected chi connectivity index (χ4v) is 5.20. The Hall–Kier alpha value is -2.77. The molecule has 1 aromatic carbocycles. The third-order valence-electron chi connectivity index (χ3n) is 6.70. The number of hydrogen-bond donors (Lipinski definition) is 2. The maximum Gasteiger partial charge on any atom is 0.429 e. The van der Waals surface area contributed by atoms with Gasteiger partial charge in [-0.1, -0.05) is 6.07 Å². The Morgan fingerprint density at radius 3 is 2.86 bits per heavy atom. The van der Waals surface area contributed by atoms with Crippen LogP contribution in [0.15, 0.2) is 36.5 Å². The van der Waals surface area contributed by atoms with Crippen LogP contribution in [0.25, 0.3) is 0 Å². The molecule has 150 valence electrons. The van der Waals surface area contributed by atoms with Gasteiger partial charge in [-0.05, 0) is 56.6 Å². The summed E-state index contributed by atoms with van der Waals surface area (Å²) in [5.74, 6) is 0.277. The lowest BCUT2D eigenvalue weighted by atomic mass is 9.76. The number of pyridine rings is 1. The van der Waals surface area contributed by atoms with E-state index < -0.39 is 0 Å².